The van der Waals surface area contributed by atoms with Crippen molar-refractivity contribution in [3.63, 3.8) is 0 Å². The van der Waals surface area contributed by atoms with Gasteiger partial charge in [-0.15, -0.1) is 0 Å². The molecule has 18 heavy (non-hydrogen) atoms. The number of aromatic nitrogens is 2. The minimum Gasteiger partial charge on any atom is -0.394 e. The summed E-state index contributed by atoms with van der Waals surface area (Å²) in [5.41, 5.74) is 8.00. The third-order valence-electron chi connectivity index (χ3n) is 3.77. The summed E-state index contributed by atoms with van der Waals surface area (Å²) in [7, 11) is 4.29. The van der Waals surface area contributed by atoms with E-state index in [1.807, 2.05) is 6.92 Å². The minimum atomic E-state index is 0.620. The standard InChI is InChI=1S/C13H25N5/c1-5-7-18-13(12(14)10(2)15-18)17-8-6-11(9-17)16(3)4/h11H,5-9,14H2,1-4H3. The molecule has 1 unspecified atom stereocenters. The van der Waals surface area contributed by atoms with E-state index in [1.165, 1.54) is 6.42 Å². The van der Waals surface area contributed by atoms with Crippen LogP contribution in [0.25, 0.3) is 0 Å². The Morgan fingerprint density at radius 3 is 2.72 bits per heavy atom. The number of rotatable bonds is 4. The predicted molar refractivity (Wildman–Crippen MR) is 76.0 cm³/mol. The summed E-state index contributed by atoms with van der Waals surface area (Å²) >= 11 is 0. The van der Waals surface area contributed by atoms with Gasteiger partial charge in [0.05, 0.1) is 11.4 Å². The Hall–Kier alpha value is -1.23. The van der Waals surface area contributed by atoms with Crippen molar-refractivity contribution in [2.45, 2.75) is 39.3 Å². The lowest BCUT2D eigenvalue weighted by Gasteiger charge is -2.23. The van der Waals surface area contributed by atoms with E-state index >= 15 is 0 Å². The number of nitrogens with two attached hydrogens (primary N) is 1. The number of hydrogen-bond donors (Lipinski definition) is 1. The molecule has 1 aliphatic heterocycles. The predicted octanol–water partition coefficient (Wildman–Crippen LogP) is 1.32. The summed E-state index contributed by atoms with van der Waals surface area (Å²) < 4.78 is 2.07. The summed E-state index contributed by atoms with van der Waals surface area (Å²) in [6.07, 6.45) is 2.28. The third kappa shape index (κ3) is 2.32. The van der Waals surface area contributed by atoms with Crippen LogP contribution >= 0.6 is 0 Å². The third-order valence-corrected chi connectivity index (χ3v) is 3.77. The molecule has 0 saturated carbocycles. The maximum absolute atomic E-state index is 6.20. The largest absolute Gasteiger partial charge is 0.394 e. The summed E-state index contributed by atoms with van der Waals surface area (Å²) in [4.78, 5) is 4.68. The number of aryl methyl sites for hydroxylation is 2. The van der Waals surface area contributed by atoms with Gasteiger partial charge in [-0.3, -0.25) is 0 Å². The van der Waals surface area contributed by atoms with Crippen molar-refractivity contribution in [3.05, 3.63) is 5.69 Å². The van der Waals surface area contributed by atoms with Gasteiger partial charge >= 0.3 is 0 Å². The molecule has 2 heterocycles. The molecule has 2 N–H and O–H groups in total. The highest BCUT2D eigenvalue weighted by Crippen LogP contribution is 2.30. The number of likely N-dealkylation sites (N-methyl/N-ethyl adjacent to an activating group) is 1. The summed E-state index contributed by atoms with van der Waals surface area (Å²) in [6.45, 7) is 7.22. The highest BCUT2D eigenvalue weighted by molar-refractivity contribution is 5.66. The smallest absolute Gasteiger partial charge is 0.150 e. The first-order valence-corrected chi connectivity index (χ1v) is 6.78. The molecule has 1 aliphatic rings. The van der Waals surface area contributed by atoms with E-state index in [1.54, 1.807) is 0 Å². The SMILES string of the molecule is CCCn1nc(C)c(N)c1N1CCC(N(C)C)C1. The Balaban J connectivity index is 2.23. The molecule has 5 nitrogen and oxygen atoms in total. The molecule has 1 atom stereocenters. The van der Waals surface area contributed by atoms with Crippen molar-refractivity contribution in [2.75, 3.05) is 37.8 Å². The fourth-order valence-electron chi connectivity index (χ4n) is 2.64. The van der Waals surface area contributed by atoms with Crippen molar-refractivity contribution in [3.8, 4) is 0 Å². The zero-order valence-electron chi connectivity index (χ0n) is 12.0. The average molecular weight is 251 g/mol. The molecule has 0 spiro atoms. The van der Waals surface area contributed by atoms with Gasteiger partial charge in [0, 0.05) is 25.7 Å². The van der Waals surface area contributed by atoms with Gasteiger partial charge in [-0.25, -0.2) is 4.68 Å². The summed E-state index contributed by atoms with van der Waals surface area (Å²) in [6, 6.07) is 0.620. The maximum Gasteiger partial charge on any atom is 0.150 e. The highest BCUT2D eigenvalue weighted by atomic mass is 15.4. The van der Waals surface area contributed by atoms with Crippen LogP contribution < -0.4 is 10.6 Å². The van der Waals surface area contributed by atoms with Crippen LogP contribution in [0.15, 0.2) is 0 Å². The van der Waals surface area contributed by atoms with Gasteiger partial charge in [0.25, 0.3) is 0 Å². The molecule has 1 fully saturated rings. The molecule has 0 aliphatic carbocycles. The van der Waals surface area contributed by atoms with E-state index < -0.39 is 0 Å². The minimum absolute atomic E-state index is 0.620. The summed E-state index contributed by atoms with van der Waals surface area (Å²) in [5, 5.41) is 4.55. The van der Waals surface area contributed by atoms with Crippen LogP contribution in [0.5, 0.6) is 0 Å². The fraction of sp³-hybridized carbons (Fsp3) is 0.769. The number of anilines is 2. The van der Waals surface area contributed by atoms with Gasteiger partial charge < -0.3 is 15.5 Å². The number of nitrogen functional groups attached to an aromatic ring is 1. The first-order chi connectivity index (χ1) is 8.54. The van der Waals surface area contributed by atoms with Gasteiger partial charge in [-0.05, 0) is 33.9 Å². The normalized spacial score (nSPS) is 20.1. The van der Waals surface area contributed by atoms with E-state index in [4.69, 9.17) is 5.73 Å². The Morgan fingerprint density at radius 1 is 1.44 bits per heavy atom. The van der Waals surface area contributed by atoms with E-state index in [2.05, 4.69) is 40.6 Å². The second-order valence-electron chi connectivity index (χ2n) is 5.40. The van der Waals surface area contributed by atoms with Crippen LogP contribution in [0.3, 0.4) is 0 Å². The van der Waals surface area contributed by atoms with Gasteiger partial charge in [-0.1, -0.05) is 6.92 Å². The zero-order valence-corrected chi connectivity index (χ0v) is 12.0. The Kier molecular flexibility index (Phi) is 3.80. The molecule has 0 radical (unpaired) electrons. The molecule has 0 amide bonds. The molecule has 1 aromatic heterocycles. The molecule has 1 aromatic rings. The van der Waals surface area contributed by atoms with Crippen molar-refractivity contribution < 1.29 is 0 Å². The fourth-order valence-corrected chi connectivity index (χ4v) is 2.64. The molecular formula is C13H25N5. The Labute approximate surface area is 110 Å². The first kappa shape index (κ1) is 13.2. The zero-order chi connectivity index (χ0) is 13.3. The monoisotopic (exact) mass is 251 g/mol. The number of nitrogens with zero attached hydrogens (tertiary/aromatic N) is 4. The van der Waals surface area contributed by atoms with E-state index in [0.29, 0.717) is 6.04 Å². The lowest BCUT2D eigenvalue weighted by molar-refractivity contribution is 0.315. The quantitative estimate of drug-likeness (QED) is 0.877. The van der Waals surface area contributed by atoms with Crippen molar-refractivity contribution in [2.24, 2.45) is 0 Å². The van der Waals surface area contributed by atoms with Gasteiger partial charge in [0.15, 0.2) is 5.82 Å². The first-order valence-electron chi connectivity index (χ1n) is 6.78. The molecular weight excluding hydrogens is 226 g/mol. The second-order valence-corrected chi connectivity index (χ2v) is 5.40. The van der Waals surface area contributed by atoms with Crippen LogP contribution in [0, 0.1) is 6.92 Å². The molecule has 2 rings (SSSR count). The average Bonchev–Trinajstić information content (AvgIpc) is 2.87. The van der Waals surface area contributed by atoms with Crippen molar-refractivity contribution in [1.29, 1.82) is 0 Å². The van der Waals surface area contributed by atoms with Gasteiger partial charge in [0.2, 0.25) is 0 Å². The Morgan fingerprint density at radius 2 is 2.17 bits per heavy atom. The maximum atomic E-state index is 6.20. The van der Waals surface area contributed by atoms with Crippen LogP contribution in [0.1, 0.15) is 25.5 Å². The highest BCUT2D eigenvalue weighted by Gasteiger charge is 2.28. The summed E-state index contributed by atoms with van der Waals surface area (Å²) in [5.74, 6) is 1.12. The van der Waals surface area contributed by atoms with Crippen molar-refractivity contribution in [1.82, 2.24) is 14.7 Å². The lowest BCUT2D eigenvalue weighted by Crippen LogP contribution is -2.32. The molecule has 0 aromatic carbocycles. The van der Waals surface area contributed by atoms with Crippen LogP contribution in [0.4, 0.5) is 11.5 Å². The molecule has 102 valence electrons. The van der Waals surface area contributed by atoms with Crippen LogP contribution in [0.2, 0.25) is 0 Å². The molecule has 0 bridgehead atoms. The van der Waals surface area contributed by atoms with E-state index in [-0.39, 0.29) is 0 Å². The second kappa shape index (κ2) is 5.18. The number of hydrogen-bond acceptors (Lipinski definition) is 4. The van der Waals surface area contributed by atoms with Crippen LogP contribution in [-0.2, 0) is 6.54 Å². The molecule has 1 saturated heterocycles. The van der Waals surface area contributed by atoms with Crippen molar-refractivity contribution >= 4 is 11.5 Å². The van der Waals surface area contributed by atoms with Gasteiger partial charge in [-0.2, -0.15) is 5.10 Å². The van der Waals surface area contributed by atoms with E-state index in [0.717, 1.165) is 43.3 Å². The van der Waals surface area contributed by atoms with E-state index in [9.17, 15) is 0 Å². The van der Waals surface area contributed by atoms with Crippen LogP contribution in [-0.4, -0.2) is 47.9 Å². The topological polar surface area (TPSA) is 50.3 Å². The Bertz CT molecular complexity index is 410. The lowest BCUT2D eigenvalue weighted by atomic mass is 10.2. The van der Waals surface area contributed by atoms with Gasteiger partial charge in [0.1, 0.15) is 0 Å². The molecule has 5 heteroatoms.